The smallest absolute Gasteiger partial charge is 0.271 e. The van der Waals surface area contributed by atoms with Crippen molar-refractivity contribution in [3.63, 3.8) is 0 Å². The maximum Gasteiger partial charge on any atom is 0.271 e. The van der Waals surface area contributed by atoms with Gasteiger partial charge in [-0.25, -0.2) is 4.98 Å². The molecule has 3 aromatic rings. The largest absolute Gasteiger partial charge is 0.356 e. The number of anilines is 1. The van der Waals surface area contributed by atoms with Gasteiger partial charge in [0.05, 0.1) is 5.52 Å². The van der Waals surface area contributed by atoms with E-state index in [-0.39, 0.29) is 11.9 Å². The number of hydrogen-bond acceptors (Lipinski definition) is 4. The number of pyridine rings is 1. The van der Waals surface area contributed by atoms with E-state index >= 15 is 0 Å². The lowest BCUT2D eigenvalue weighted by Crippen LogP contribution is -2.45. The molecule has 1 aliphatic heterocycles. The van der Waals surface area contributed by atoms with Crippen LogP contribution in [0.1, 0.15) is 23.3 Å². The van der Waals surface area contributed by atoms with Crippen LogP contribution < -0.4 is 10.2 Å². The van der Waals surface area contributed by atoms with Crippen LogP contribution in [-0.4, -0.2) is 39.8 Å². The van der Waals surface area contributed by atoms with E-state index in [1.54, 1.807) is 24.0 Å². The average Bonchev–Trinajstić information content (AvgIpc) is 3.08. The van der Waals surface area contributed by atoms with Crippen LogP contribution in [-0.2, 0) is 7.05 Å². The van der Waals surface area contributed by atoms with Crippen LogP contribution in [0, 0.1) is 0 Å². The second-order valence-corrected chi connectivity index (χ2v) is 7.05. The number of aryl methyl sites for hydroxylation is 1. The van der Waals surface area contributed by atoms with E-state index in [0.29, 0.717) is 5.69 Å². The Labute approximate surface area is 156 Å². The molecule has 0 saturated carbocycles. The van der Waals surface area contributed by atoms with Gasteiger partial charge < -0.3 is 10.2 Å². The molecule has 0 atom stereocenters. The summed E-state index contributed by atoms with van der Waals surface area (Å²) in [5.74, 6) is 0.860. The van der Waals surface area contributed by atoms with Gasteiger partial charge in [-0.3, -0.25) is 9.48 Å². The number of rotatable bonds is 3. The molecule has 1 saturated heterocycles. The number of carbonyl (C=O) groups is 1. The average molecular weight is 370 g/mol. The van der Waals surface area contributed by atoms with Gasteiger partial charge in [0, 0.05) is 42.8 Å². The second-order valence-electron chi connectivity index (χ2n) is 6.62. The molecule has 0 bridgehead atoms. The van der Waals surface area contributed by atoms with Gasteiger partial charge in [-0.15, -0.1) is 0 Å². The number of halogens is 1. The lowest BCUT2D eigenvalue weighted by molar-refractivity contribution is 0.0925. The molecule has 7 heteroatoms. The SMILES string of the molecule is Cn1ccc(C(=O)NC2CCN(c3ccc4cc(Cl)ccc4n3)CC2)n1. The second kappa shape index (κ2) is 6.96. The van der Waals surface area contributed by atoms with Crippen molar-refractivity contribution in [2.75, 3.05) is 18.0 Å². The Morgan fingerprint density at radius 3 is 2.73 bits per heavy atom. The van der Waals surface area contributed by atoms with Gasteiger partial charge in [0.1, 0.15) is 11.5 Å². The Hall–Kier alpha value is -2.60. The van der Waals surface area contributed by atoms with E-state index in [1.165, 1.54) is 0 Å². The van der Waals surface area contributed by atoms with Gasteiger partial charge in [-0.2, -0.15) is 5.10 Å². The van der Waals surface area contributed by atoms with E-state index in [0.717, 1.165) is 47.7 Å². The summed E-state index contributed by atoms with van der Waals surface area (Å²) in [5.41, 5.74) is 1.40. The molecule has 26 heavy (non-hydrogen) atoms. The van der Waals surface area contributed by atoms with Crippen LogP contribution >= 0.6 is 11.6 Å². The molecule has 134 valence electrons. The van der Waals surface area contributed by atoms with Gasteiger partial charge in [-0.1, -0.05) is 11.6 Å². The van der Waals surface area contributed by atoms with Crippen molar-refractivity contribution < 1.29 is 4.79 Å². The molecular weight excluding hydrogens is 350 g/mol. The summed E-state index contributed by atoms with van der Waals surface area (Å²) < 4.78 is 1.64. The van der Waals surface area contributed by atoms with Crippen molar-refractivity contribution >= 4 is 34.2 Å². The molecule has 4 rings (SSSR count). The number of piperidine rings is 1. The molecule has 1 aromatic carbocycles. The van der Waals surface area contributed by atoms with Gasteiger partial charge >= 0.3 is 0 Å². The summed E-state index contributed by atoms with van der Waals surface area (Å²) in [6.45, 7) is 1.72. The molecule has 1 amide bonds. The van der Waals surface area contributed by atoms with E-state index in [4.69, 9.17) is 16.6 Å². The third kappa shape index (κ3) is 3.51. The maximum atomic E-state index is 12.2. The van der Waals surface area contributed by atoms with Gasteiger partial charge in [0.2, 0.25) is 0 Å². The predicted molar refractivity (Wildman–Crippen MR) is 103 cm³/mol. The van der Waals surface area contributed by atoms with E-state index in [9.17, 15) is 4.79 Å². The lowest BCUT2D eigenvalue weighted by Gasteiger charge is -2.33. The molecule has 3 heterocycles. The maximum absolute atomic E-state index is 12.2. The number of hydrogen-bond donors (Lipinski definition) is 1. The minimum atomic E-state index is -0.107. The Bertz CT molecular complexity index is 946. The molecular formula is C19H20ClN5O. The third-order valence-corrected chi connectivity index (χ3v) is 4.97. The van der Waals surface area contributed by atoms with Crippen molar-refractivity contribution in [2.45, 2.75) is 18.9 Å². The molecule has 0 spiro atoms. The number of amides is 1. The summed E-state index contributed by atoms with van der Waals surface area (Å²) in [7, 11) is 1.81. The first-order valence-corrected chi connectivity index (χ1v) is 9.08. The standard InChI is InChI=1S/C19H20ClN5O/c1-24-9-8-17(23-24)19(26)21-15-6-10-25(11-7-15)18-5-2-13-12-14(20)3-4-16(13)22-18/h2-5,8-9,12,15H,6-7,10-11H2,1H3,(H,21,26). The Kier molecular flexibility index (Phi) is 4.51. The molecule has 0 aliphatic carbocycles. The van der Waals surface area contributed by atoms with Crippen LogP contribution in [0.5, 0.6) is 0 Å². The third-order valence-electron chi connectivity index (χ3n) is 4.74. The van der Waals surface area contributed by atoms with Gasteiger partial charge in [0.15, 0.2) is 0 Å². The summed E-state index contributed by atoms with van der Waals surface area (Å²) >= 11 is 6.03. The van der Waals surface area contributed by atoms with Crippen molar-refractivity contribution in [1.29, 1.82) is 0 Å². The summed E-state index contributed by atoms with van der Waals surface area (Å²) in [5, 5.41) is 8.99. The van der Waals surface area contributed by atoms with Crippen molar-refractivity contribution in [2.24, 2.45) is 7.05 Å². The minimum absolute atomic E-state index is 0.107. The fourth-order valence-electron chi connectivity index (χ4n) is 3.31. The van der Waals surface area contributed by atoms with Crippen LogP contribution in [0.15, 0.2) is 42.6 Å². The quantitative estimate of drug-likeness (QED) is 0.770. The van der Waals surface area contributed by atoms with E-state index in [2.05, 4.69) is 21.4 Å². The minimum Gasteiger partial charge on any atom is -0.356 e. The highest BCUT2D eigenvalue weighted by molar-refractivity contribution is 6.31. The highest BCUT2D eigenvalue weighted by Crippen LogP contribution is 2.23. The lowest BCUT2D eigenvalue weighted by atomic mass is 10.0. The van der Waals surface area contributed by atoms with Crippen LogP contribution in [0.4, 0.5) is 5.82 Å². The molecule has 6 nitrogen and oxygen atoms in total. The number of nitrogens with one attached hydrogen (secondary N) is 1. The predicted octanol–water partition coefficient (Wildman–Crippen LogP) is 3.02. The van der Waals surface area contributed by atoms with Gasteiger partial charge in [0.25, 0.3) is 5.91 Å². The first kappa shape index (κ1) is 16.8. The molecule has 2 aromatic heterocycles. The highest BCUT2D eigenvalue weighted by Gasteiger charge is 2.22. The monoisotopic (exact) mass is 369 g/mol. The number of fused-ring (bicyclic) bond motifs is 1. The molecule has 1 N–H and O–H groups in total. The summed E-state index contributed by atoms with van der Waals surface area (Å²) in [4.78, 5) is 19.2. The summed E-state index contributed by atoms with van der Waals surface area (Å²) in [6, 6.07) is 11.7. The highest BCUT2D eigenvalue weighted by atomic mass is 35.5. The Morgan fingerprint density at radius 1 is 1.19 bits per heavy atom. The summed E-state index contributed by atoms with van der Waals surface area (Å²) in [6.07, 6.45) is 3.55. The zero-order valence-electron chi connectivity index (χ0n) is 14.5. The number of benzene rings is 1. The zero-order chi connectivity index (χ0) is 18.1. The Balaban J connectivity index is 1.39. The Morgan fingerprint density at radius 2 is 2.00 bits per heavy atom. The van der Waals surface area contributed by atoms with E-state index < -0.39 is 0 Å². The molecule has 0 radical (unpaired) electrons. The number of nitrogens with zero attached hydrogens (tertiary/aromatic N) is 4. The van der Waals surface area contributed by atoms with Crippen molar-refractivity contribution in [1.82, 2.24) is 20.1 Å². The van der Waals surface area contributed by atoms with Crippen LogP contribution in [0.3, 0.4) is 0 Å². The normalized spacial score (nSPS) is 15.4. The van der Waals surface area contributed by atoms with Gasteiger partial charge in [-0.05, 0) is 49.2 Å². The first-order chi connectivity index (χ1) is 12.6. The fraction of sp³-hybridized carbons (Fsp3) is 0.316. The van der Waals surface area contributed by atoms with Crippen LogP contribution in [0.2, 0.25) is 5.02 Å². The molecule has 1 fully saturated rings. The first-order valence-electron chi connectivity index (χ1n) is 8.70. The molecule has 1 aliphatic rings. The number of aromatic nitrogens is 3. The van der Waals surface area contributed by atoms with Crippen molar-refractivity contribution in [3.8, 4) is 0 Å². The zero-order valence-corrected chi connectivity index (χ0v) is 15.3. The topological polar surface area (TPSA) is 63.1 Å². The molecule has 0 unspecified atom stereocenters. The van der Waals surface area contributed by atoms with Crippen LogP contribution in [0.25, 0.3) is 10.9 Å². The fourth-order valence-corrected chi connectivity index (χ4v) is 3.49. The van der Waals surface area contributed by atoms with Crippen molar-refractivity contribution in [3.05, 3.63) is 53.3 Å². The van der Waals surface area contributed by atoms with E-state index in [1.807, 2.05) is 24.3 Å². The number of carbonyl (C=O) groups excluding carboxylic acids is 1.